The Morgan fingerprint density at radius 3 is 2.63 bits per heavy atom. The van der Waals surface area contributed by atoms with Crippen LogP contribution in [0.5, 0.6) is 0 Å². The summed E-state index contributed by atoms with van der Waals surface area (Å²) in [6.07, 6.45) is 0.971. The Labute approximate surface area is 109 Å². The molecule has 2 aromatic rings. The molecule has 102 valence electrons. The van der Waals surface area contributed by atoms with Crippen molar-refractivity contribution in [3.8, 4) is 0 Å². The zero-order chi connectivity index (χ0) is 13.7. The van der Waals surface area contributed by atoms with Gasteiger partial charge in [-0.3, -0.25) is 13.9 Å². The summed E-state index contributed by atoms with van der Waals surface area (Å²) < 4.78 is 4.54. The first kappa shape index (κ1) is 12.2. The van der Waals surface area contributed by atoms with Crippen molar-refractivity contribution in [2.24, 2.45) is 14.1 Å². The van der Waals surface area contributed by atoms with Gasteiger partial charge in [0.05, 0.1) is 0 Å². The summed E-state index contributed by atoms with van der Waals surface area (Å²) >= 11 is 0. The first-order valence-corrected chi connectivity index (χ1v) is 6.37. The van der Waals surface area contributed by atoms with E-state index >= 15 is 0 Å². The lowest BCUT2D eigenvalue weighted by atomic mass is 10.2. The van der Waals surface area contributed by atoms with Gasteiger partial charge in [0.25, 0.3) is 5.56 Å². The van der Waals surface area contributed by atoms with Crippen LogP contribution < -0.4 is 16.6 Å². The van der Waals surface area contributed by atoms with Crippen molar-refractivity contribution in [3.63, 3.8) is 0 Å². The molecule has 1 aliphatic heterocycles. The van der Waals surface area contributed by atoms with Gasteiger partial charge in [0.1, 0.15) is 5.82 Å². The maximum atomic E-state index is 12.4. The summed E-state index contributed by atoms with van der Waals surface area (Å²) in [5.74, 6) is 0.780. The zero-order valence-corrected chi connectivity index (χ0v) is 11.3. The molecule has 7 heteroatoms. The molecule has 19 heavy (non-hydrogen) atoms. The third-order valence-corrected chi connectivity index (χ3v) is 3.87. The van der Waals surface area contributed by atoms with Crippen LogP contribution in [-0.4, -0.2) is 31.8 Å². The highest BCUT2D eigenvalue weighted by Gasteiger charge is 2.24. The van der Waals surface area contributed by atoms with E-state index in [9.17, 15) is 9.59 Å². The Morgan fingerprint density at radius 2 is 2.00 bits per heavy atom. The van der Waals surface area contributed by atoms with Gasteiger partial charge in [0.2, 0.25) is 0 Å². The highest BCUT2D eigenvalue weighted by atomic mass is 16.2. The van der Waals surface area contributed by atoms with Gasteiger partial charge < -0.3 is 9.88 Å². The van der Waals surface area contributed by atoms with Crippen LogP contribution in [0.2, 0.25) is 0 Å². The second-order valence-electron chi connectivity index (χ2n) is 5.05. The molecule has 0 radical (unpaired) electrons. The third-order valence-electron chi connectivity index (χ3n) is 3.87. The van der Waals surface area contributed by atoms with E-state index < -0.39 is 0 Å². The average Bonchev–Trinajstić information content (AvgIpc) is 3.00. The molecule has 1 saturated heterocycles. The largest absolute Gasteiger partial charge is 0.332 e. The molecule has 1 unspecified atom stereocenters. The summed E-state index contributed by atoms with van der Waals surface area (Å²) in [5.41, 5.74) is 0.380. The van der Waals surface area contributed by atoms with E-state index in [2.05, 4.69) is 10.3 Å². The predicted molar refractivity (Wildman–Crippen MR) is 71.5 cm³/mol. The van der Waals surface area contributed by atoms with Gasteiger partial charge in [-0.05, 0) is 19.9 Å². The zero-order valence-electron chi connectivity index (χ0n) is 11.3. The number of fused-ring (bicyclic) bond motifs is 1. The van der Waals surface area contributed by atoms with Crippen molar-refractivity contribution >= 4 is 11.2 Å². The molecule has 2 aromatic heterocycles. The van der Waals surface area contributed by atoms with Gasteiger partial charge >= 0.3 is 5.69 Å². The van der Waals surface area contributed by atoms with E-state index in [0.717, 1.165) is 29.9 Å². The van der Waals surface area contributed by atoms with Crippen LogP contribution in [0.3, 0.4) is 0 Å². The number of hydrogen-bond donors (Lipinski definition) is 1. The first-order valence-electron chi connectivity index (χ1n) is 6.37. The molecular formula is C12H17N5O2. The van der Waals surface area contributed by atoms with Crippen LogP contribution in [0.4, 0.5) is 0 Å². The number of aromatic nitrogens is 4. The Balaban J connectivity index is 2.44. The van der Waals surface area contributed by atoms with E-state index in [-0.39, 0.29) is 17.3 Å². The number of rotatable bonds is 1. The highest BCUT2D eigenvalue weighted by Crippen LogP contribution is 2.21. The van der Waals surface area contributed by atoms with E-state index in [4.69, 9.17) is 0 Å². The van der Waals surface area contributed by atoms with E-state index in [1.54, 1.807) is 7.05 Å². The molecule has 0 amide bonds. The Bertz CT molecular complexity index is 761. The maximum Gasteiger partial charge on any atom is 0.332 e. The normalized spacial score (nSPS) is 19.4. The van der Waals surface area contributed by atoms with Crippen LogP contribution in [0.1, 0.15) is 18.3 Å². The summed E-state index contributed by atoms with van der Waals surface area (Å²) in [5, 5.41) is 3.29. The van der Waals surface area contributed by atoms with E-state index in [0.29, 0.717) is 11.2 Å². The minimum atomic E-state index is -0.341. The van der Waals surface area contributed by atoms with Gasteiger partial charge in [-0.2, -0.15) is 0 Å². The fourth-order valence-corrected chi connectivity index (χ4v) is 2.83. The van der Waals surface area contributed by atoms with Gasteiger partial charge in [0.15, 0.2) is 11.2 Å². The monoisotopic (exact) mass is 263 g/mol. The lowest BCUT2D eigenvalue weighted by Crippen LogP contribution is -2.37. The van der Waals surface area contributed by atoms with Crippen molar-refractivity contribution in [3.05, 3.63) is 26.7 Å². The Kier molecular flexibility index (Phi) is 2.60. The van der Waals surface area contributed by atoms with Crippen molar-refractivity contribution in [1.29, 1.82) is 0 Å². The average molecular weight is 263 g/mol. The smallest absolute Gasteiger partial charge is 0.318 e. The highest BCUT2D eigenvalue weighted by molar-refractivity contribution is 5.71. The number of nitrogens with one attached hydrogen (secondary N) is 1. The van der Waals surface area contributed by atoms with Crippen molar-refractivity contribution < 1.29 is 0 Å². The van der Waals surface area contributed by atoms with Crippen LogP contribution in [0.25, 0.3) is 11.2 Å². The minimum Gasteiger partial charge on any atom is -0.318 e. The SMILES string of the molecule is Cc1nc2c(c(=O)n(C)c(=O)n2C)n1C1CCNC1. The molecule has 1 N–H and O–H groups in total. The standard InChI is InChI=1S/C12H17N5O2/c1-7-14-10-9(17(7)8-4-5-13-6-8)11(18)16(3)12(19)15(10)2/h8,13H,4-6H2,1-3H3. The van der Waals surface area contributed by atoms with E-state index in [1.165, 1.54) is 11.6 Å². The summed E-state index contributed by atoms with van der Waals surface area (Å²) in [6.45, 7) is 3.65. The summed E-state index contributed by atoms with van der Waals surface area (Å²) in [6, 6.07) is 0.232. The van der Waals surface area contributed by atoms with Crippen LogP contribution in [0, 0.1) is 6.92 Å². The van der Waals surface area contributed by atoms with Crippen molar-refractivity contribution in [1.82, 2.24) is 24.0 Å². The van der Waals surface area contributed by atoms with Gasteiger partial charge in [-0.1, -0.05) is 0 Å². The fraction of sp³-hybridized carbons (Fsp3) is 0.583. The molecule has 3 heterocycles. The Hall–Kier alpha value is -1.89. The molecule has 7 nitrogen and oxygen atoms in total. The maximum absolute atomic E-state index is 12.4. The van der Waals surface area contributed by atoms with Crippen LogP contribution in [-0.2, 0) is 14.1 Å². The van der Waals surface area contributed by atoms with Gasteiger partial charge in [-0.15, -0.1) is 0 Å². The number of imidazole rings is 1. The lowest BCUT2D eigenvalue weighted by molar-refractivity contribution is 0.544. The van der Waals surface area contributed by atoms with Crippen LogP contribution in [0.15, 0.2) is 9.59 Å². The quantitative estimate of drug-likeness (QED) is 0.736. The molecule has 0 spiro atoms. The molecular weight excluding hydrogens is 246 g/mol. The molecule has 0 aliphatic carbocycles. The molecule has 0 saturated carbocycles. The minimum absolute atomic E-state index is 0.232. The molecule has 1 fully saturated rings. The third kappa shape index (κ3) is 1.58. The number of hydrogen-bond acceptors (Lipinski definition) is 4. The predicted octanol–water partition coefficient (Wildman–Crippen LogP) is -0.723. The second kappa shape index (κ2) is 4.06. The second-order valence-corrected chi connectivity index (χ2v) is 5.05. The topological polar surface area (TPSA) is 73.8 Å². The van der Waals surface area contributed by atoms with Crippen molar-refractivity contribution in [2.45, 2.75) is 19.4 Å². The molecule has 3 rings (SSSR count). The summed E-state index contributed by atoms with van der Waals surface area (Å²) in [4.78, 5) is 28.7. The molecule has 0 bridgehead atoms. The van der Waals surface area contributed by atoms with Gasteiger partial charge in [0, 0.05) is 26.7 Å². The number of aryl methyl sites for hydroxylation is 2. The molecule has 1 atom stereocenters. The first-order chi connectivity index (χ1) is 9.02. The van der Waals surface area contributed by atoms with Crippen LogP contribution >= 0.6 is 0 Å². The van der Waals surface area contributed by atoms with Gasteiger partial charge in [-0.25, -0.2) is 9.78 Å². The number of nitrogens with zero attached hydrogens (tertiary/aromatic N) is 4. The fourth-order valence-electron chi connectivity index (χ4n) is 2.83. The van der Waals surface area contributed by atoms with Crippen molar-refractivity contribution in [2.75, 3.05) is 13.1 Å². The Morgan fingerprint density at radius 1 is 1.26 bits per heavy atom. The lowest BCUT2D eigenvalue weighted by Gasteiger charge is -2.14. The van der Waals surface area contributed by atoms with E-state index in [1.807, 2.05) is 11.5 Å². The molecule has 1 aliphatic rings. The molecule has 0 aromatic carbocycles. The summed E-state index contributed by atoms with van der Waals surface area (Å²) in [7, 11) is 3.15.